The summed E-state index contributed by atoms with van der Waals surface area (Å²) < 4.78 is 0. The number of aliphatic carboxylic acids is 1. The molecule has 28 heavy (non-hydrogen) atoms. The summed E-state index contributed by atoms with van der Waals surface area (Å²) in [5, 5.41) is 12.2. The van der Waals surface area contributed by atoms with Gasteiger partial charge in [0.05, 0.1) is 6.54 Å². The van der Waals surface area contributed by atoms with E-state index in [1.54, 1.807) is 0 Å². The van der Waals surface area contributed by atoms with Gasteiger partial charge in [0.15, 0.2) is 0 Å². The summed E-state index contributed by atoms with van der Waals surface area (Å²) in [5.74, 6) is 0.595. The molecule has 0 aromatic rings. The van der Waals surface area contributed by atoms with Crippen molar-refractivity contribution in [2.24, 2.45) is 11.8 Å². The van der Waals surface area contributed by atoms with Crippen LogP contribution in [0.25, 0.3) is 0 Å². The molecule has 0 saturated carbocycles. The summed E-state index contributed by atoms with van der Waals surface area (Å²) in [6.07, 6.45) is 3.95. The van der Waals surface area contributed by atoms with E-state index in [0.29, 0.717) is 24.9 Å². The number of hydrogen-bond donors (Lipinski definition) is 2. The number of amides is 2. The average Bonchev–Trinajstić information content (AvgIpc) is 2.84. The van der Waals surface area contributed by atoms with Crippen LogP contribution in [-0.4, -0.2) is 89.7 Å². The number of nitrogens with one attached hydrogen (secondary N) is 1. The molecule has 2 heterocycles. The Morgan fingerprint density at radius 1 is 1.14 bits per heavy atom. The summed E-state index contributed by atoms with van der Waals surface area (Å²) >= 11 is 0. The third kappa shape index (κ3) is 6.62. The SMILES string of the molecule is CC1CC(C)CN(C(C)(C)CNC(=O)N2CCCC(N(C)CC(=O)O)CC2)C1. The van der Waals surface area contributed by atoms with Gasteiger partial charge in [0.25, 0.3) is 0 Å². The van der Waals surface area contributed by atoms with E-state index in [-0.39, 0.29) is 24.2 Å². The Morgan fingerprint density at radius 3 is 2.39 bits per heavy atom. The highest BCUT2D eigenvalue weighted by Gasteiger charge is 2.33. The van der Waals surface area contributed by atoms with Gasteiger partial charge in [-0.05, 0) is 58.4 Å². The van der Waals surface area contributed by atoms with Gasteiger partial charge < -0.3 is 15.3 Å². The van der Waals surface area contributed by atoms with Gasteiger partial charge in [-0.1, -0.05) is 13.8 Å². The summed E-state index contributed by atoms with van der Waals surface area (Å²) in [4.78, 5) is 30.0. The predicted octanol–water partition coefficient (Wildman–Crippen LogP) is 2.32. The second kappa shape index (κ2) is 9.92. The second-order valence-electron chi connectivity index (χ2n) is 9.70. The Bertz CT molecular complexity index is 530. The molecular formula is C21H40N4O3. The van der Waals surface area contributed by atoms with Crippen LogP contribution in [0.15, 0.2) is 0 Å². The molecule has 3 unspecified atom stereocenters. The Kier molecular flexibility index (Phi) is 8.13. The van der Waals surface area contributed by atoms with Crippen LogP contribution in [0.3, 0.4) is 0 Å². The van der Waals surface area contributed by atoms with Gasteiger partial charge in [-0.2, -0.15) is 0 Å². The summed E-state index contributed by atoms with van der Waals surface area (Å²) in [7, 11) is 1.86. The van der Waals surface area contributed by atoms with Crippen molar-refractivity contribution in [2.75, 3.05) is 46.3 Å². The number of urea groups is 1. The third-order valence-electron chi connectivity index (χ3n) is 6.39. The molecule has 2 amide bonds. The van der Waals surface area contributed by atoms with Gasteiger partial charge in [0.2, 0.25) is 0 Å². The molecule has 0 aliphatic carbocycles. The molecule has 2 N–H and O–H groups in total. The molecule has 2 aliphatic rings. The number of likely N-dealkylation sites (N-methyl/N-ethyl adjacent to an activating group) is 1. The smallest absolute Gasteiger partial charge is 0.317 e. The fraction of sp³-hybridized carbons (Fsp3) is 0.905. The molecule has 0 bridgehead atoms. The Labute approximate surface area is 170 Å². The standard InChI is InChI=1S/C21H40N4O3/c1-16-11-17(2)13-25(12-16)21(3,4)15-22-20(28)24-9-6-7-18(8-10-24)23(5)14-19(26)27/h16-18H,6-15H2,1-5H3,(H,22,28)(H,26,27). The van der Waals surface area contributed by atoms with E-state index in [4.69, 9.17) is 5.11 Å². The molecule has 162 valence electrons. The van der Waals surface area contributed by atoms with Crippen LogP contribution in [0.2, 0.25) is 0 Å². The summed E-state index contributed by atoms with van der Waals surface area (Å²) in [6, 6.07) is 0.231. The molecule has 0 aromatic carbocycles. The predicted molar refractivity (Wildman–Crippen MR) is 111 cm³/mol. The number of hydrogen-bond acceptors (Lipinski definition) is 4. The molecule has 0 aromatic heterocycles. The van der Waals surface area contributed by atoms with Crippen LogP contribution >= 0.6 is 0 Å². The van der Waals surface area contributed by atoms with Crippen molar-refractivity contribution in [3.8, 4) is 0 Å². The zero-order chi connectivity index (χ0) is 20.9. The molecule has 2 aliphatic heterocycles. The van der Waals surface area contributed by atoms with Crippen LogP contribution in [0.5, 0.6) is 0 Å². The first-order valence-corrected chi connectivity index (χ1v) is 10.8. The van der Waals surface area contributed by atoms with Gasteiger partial charge in [0, 0.05) is 44.3 Å². The summed E-state index contributed by atoms with van der Waals surface area (Å²) in [6.45, 7) is 13.4. The minimum atomic E-state index is -0.801. The van der Waals surface area contributed by atoms with Gasteiger partial charge >= 0.3 is 12.0 Å². The molecule has 7 heteroatoms. The molecule has 3 atom stereocenters. The highest BCUT2D eigenvalue weighted by Crippen LogP contribution is 2.27. The van der Waals surface area contributed by atoms with Crippen LogP contribution < -0.4 is 5.32 Å². The first-order valence-electron chi connectivity index (χ1n) is 10.8. The van der Waals surface area contributed by atoms with Gasteiger partial charge in [-0.15, -0.1) is 0 Å². The topological polar surface area (TPSA) is 76.1 Å². The molecule has 2 fully saturated rings. The lowest BCUT2D eigenvalue weighted by molar-refractivity contribution is -0.138. The number of carboxylic acid groups (broad SMARTS) is 1. The zero-order valence-electron chi connectivity index (χ0n) is 18.4. The van der Waals surface area contributed by atoms with Gasteiger partial charge in [-0.25, -0.2) is 4.79 Å². The molecular weight excluding hydrogens is 356 g/mol. The zero-order valence-corrected chi connectivity index (χ0v) is 18.4. The number of likely N-dealkylation sites (tertiary alicyclic amines) is 2. The molecule has 7 nitrogen and oxygen atoms in total. The third-order valence-corrected chi connectivity index (χ3v) is 6.39. The lowest BCUT2D eigenvalue weighted by Crippen LogP contribution is -2.57. The van der Waals surface area contributed by atoms with Crippen LogP contribution in [0, 0.1) is 11.8 Å². The van der Waals surface area contributed by atoms with Gasteiger partial charge in [0.1, 0.15) is 0 Å². The molecule has 0 radical (unpaired) electrons. The lowest BCUT2D eigenvalue weighted by atomic mass is 9.88. The normalized spacial score (nSPS) is 27.5. The first-order chi connectivity index (χ1) is 13.1. The van der Waals surface area contributed by atoms with E-state index in [0.717, 1.165) is 38.9 Å². The van der Waals surface area contributed by atoms with Crippen molar-refractivity contribution in [2.45, 2.75) is 65.0 Å². The second-order valence-corrected chi connectivity index (χ2v) is 9.70. The van der Waals surface area contributed by atoms with Crippen LogP contribution in [-0.2, 0) is 4.79 Å². The minimum absolute atomic E-state index is 0.00715. The highest BCUT2D eigenvalue weighted by atomic mass is 16.4. The fourth-order valence-corrected chi connectivity index (χ4v) is 4.74. The van der Waals surface area contributed by atoms with E-state index in [1.165, 1.54) is 6.42 Å². The van der Waals surface area contributed by atoms with Gasteiger partial charge in [-0.3, -0.25) is 14.6 Å². The maximum absolute atomic E-state index is 12.8. The Balaban J connectivity index is 1.83. The maximum Gasteiger partial charge on any atom is 0.317 e. The maximum atomic E-state index is 12.8. The average molecular weight is 397 g/mol. The number of carboxylic acids is 1. The van der Waals surface area contributed by atoms with Crippen molar-refractivity contribution in [1.82, 2.24) is 20.0 Å². The molecule has 0 spiro atoms. The minimum Gasteiger partial charge on any atom is -0.480 e. The molecule has 2 rings (SSSR count). The summed E-state index contributed by atoms with van der Waals surface area (Å²) in [5.41, 5.74) is -0.0608. The van der Waals surface area contributed by atoms with Crippen molar-refractivity contribution >= 4 is 12.0 Å². The van der Waals surface area contributed by atoms with Crippen molar-refractivity contribution in [1.29, 1.82) is 0 Å². The number of nitrogens with zero attached hydrogens (tertiary/aromatic N) is 3. The number of piperidine rings is 1. The fourth-order valence-electron chi connectivity index (χ4n) is 4.74. The van der Waals surface area contributed by atoms with E-state index in [2.05, 4.69) is 37.9 Å². The van der Waals surface area contributed by atoms with Crippen LogP contribution in [0.4, 0.5) is 4.79 Å². The number of carbonyl (C=O) groups excluding carboxylic acids is 1. The monoisotopic (exact) mass is 396 g/mol. The lowest BCUT2D eigenvalue weighted by Gasteiger charge is -2.45. The quantitative estimate of drug-likeness (QED) is 0.721. The van der Waals surface area contributed by atoms with Crippen LogP contribution in [0.1, 0.15) is 53.4 Å². The van der Waals surface area contributed by atoms with Crippen molar-refractivity contribution in [3.05, 3.63) is 0 Å². The number of rotatable bonds is 6. The van der Waals surface area contributed by atoms with Crippen molar-refractivity contribution in [3.63, 3.8) is 0 Å². The first kappa shape index (κ1) is 22.9. The highest BCUT2D eigenvalue weighted by molar-refractivity contribution is 5.74. The van der Waals surface area contributed by atoms with E-state index in [9.17, 15) is 9.59 Å². The van der Waals surface area contributed by atoms with E-state index in [1.807, 2.05) is 16.8 Å². The Hall–Kier alpha value is -1.34. The largest absolute Gasteiger partial charge is 0.480 e. The number of carbonyl (C=O) groups is 2. The van der Waals surface area contributed by atoms with E-state index >= 15 is 0 Å². The molecule has 2 saturated heterocycles. The Morgan fingerprint density at radius 2 is 1.79 bits per heavy atom. The van der Waals surface area contributed by atoms with E-state index < -0.39 is 5.97 Å². The van der Waals surface area contributed by atoms with Crippen molar-refractivity contribution < 1.29 is 14.7 Å².